The monoisotopic (exact) mass is 516 g/mol. The van der Waals surface area contributed by atoms with Crippen molar-refractivity contribution >= 4 is 46.0 Å². The van der Waals surface area contributed by atoms with Crippen LogP contribution in [0.15, 0.2) is 47.8 Å². The molecule has 1 N–H and O–H groups in total. The highest BCUT2D eigenvalue weighted by Gasteiger charge is 2.32. The predicted molar refractivity (Wildman–Crippen MR) is 119 cm³/mol. The molecule has 3 rings (SSSR count). The van der Waals surface area contributed by atoms with E-state index in [2.05, 4.69) is 10.1 Å². The lowest BCUT2D eigenvalue weighted by Crippen LogP contribution is -2.17. The van der Waals surface area contributed by atoms with Gasteiger partial charge in [-0.15, -0.1) is 24.5 Å². The average Bonchev–Trinajstić information content (AvgIpc) is 3.15. The number of ether oxygens (including phenoxy) is 3. The molecule has 0 saturated carbocycles. The van der Waals surface area contributed by atoms with Crippen molar-refractivity contribution in [2.75, 3.05) is 12.4 Å². The number of hydrogen-bond donors (Lipinski definition) is 1. The maximum atomic E-state index is 12.5. The molecule has 8 nitrogen and oxygen atoms in total. The molecule has 0 aliphatic heterocycles. The lowest BCUT2D eigenvalue weighted by Gasteiger charge is -2.18. The zero-order valence-electron chi connectivity index (χ0n) is 17.5. The summed E-state index contributed by atoms with van der Waals surface area (Å²) in [6.07, 6.45) is -5.65. The van der Waals surface area contributed by atoms with E-state index >= 15 is 0 Å². The smallest absolute Gasteiger partial charge is 0.482 e. The molecule has 0 amide bonds. The third kappa shape index (κ3) is 5.88. The van der Waals surface area contributed by atoms with Crippen LogP contribution >= 0.6 is 22.9 Å². The Morgan fingerprint density at radius 2 is 1.91 bits per heavy atom. The minimum absolute atomic E-state index is 0.0363. The van der Waals surface area contributed by atoms with Crippen LogP contribution in [0.5, 0.6) is 11.5 Å². The van der Waals surface area contributed by atoms with Gasteiger partial charge in [0.1, 0.15) is 17.5 Å². The number of nitro groups is 1. The van der Waals surface area contributed by atoms with Gasteiger partial charge in [0.15, 0.2) is 10.6 Å². The topological polar surface area (TPSA) is 99.9 Å². The lowest BCUT2D eigenvalue weighted by atomic mass is 10.1. The van der Waals surface area contributed by atoms with Crippen LogP contribution in [-0.4, -0.2) is 24.4 Å². The van der Waals surface area contributed by atoms with E-state index in [1.54, 1.807) is 31.2 Å². The highest BCUT2D eigenvalue weighted by Crippen LogP contribution is 2.43. The Kier molecular flexibility index (Phi) is 7.52. The van der Waals surface area contributed by atoms with Crippen molar-refractivity contribution in [2.45, 2.75) is 19.4 Å². The van der Waals surface area contributed by atoms with Gasteiger partial charge in [-0.25, -0.2) is 4.79 Å². The van der Waals surface area contributed by atoms with E-state index in [1.165, 1.54) is 12.5 Å². The summed E-state index contributed by atoms with van der Waals surface area (Å²) in [4.78, 5) is 23.0. The number of carbonyl (C=O) groups excluding carboxylic acids is 1. The van der Waals surface area contributed by atoms with Gasteiger partial charge in [-0.3, -0.25) is 10.1 Å². The SMILES string of the molecule is COC(=O)c1scc(Nc2ccc(OC(F)(F)F)cc2[N+](=O)[O-])c1O[C@H](C)c1ccccc1Cl. The summed E-state index contributed by atoms with van der Waals surface area (Å²) in [6.45, 7) is 1.69. The molecule has 3 aromatic rings. The van der Waals surface area contributed by atoms with Gasteiger partial charge in [0.2, 0.25) is 0 Å². The molecule has 0 saturated heterocycles. The molecule has 0 aliphatic carbocycles. The van der Waals surface area contributed by atoms with Gasteiger partial charge in [-0.2, -0.15) is 0 Å². The molecule has 0 unspecified atom stereocenters. The molecule has 0 aliphatic rings. The molecule has 2 aromatic carbocycles. The highest BCUT2D eigenvalue weighted by molar-refractivity contribution is 7.13. The Labute approximate surface area is 200 Å². The fourth-order valence-electron chi connectivity index (χ4n) is 2.94. The molecule has 13 heteroatoms. The highest BCUT2D eigenvalue weighted by atomic mass is 35.5. The maximum absolute atomic E-state index is 12.5. The number of thiophene rings is 1. The van der Waals surface area contributed by atoms with Crippen molar-refractivity contribution in [3.05, 3.63) is 73.4 Å². The molecule has 180 valence electrons. The number of rotatable bonds is 8. The maximum Gasteiger partial charge on any atom is 0.573 e. The van der Waals surface area contributed by atoms with Crippen molar-refractivity contribution in [3.63, 3.8) is 0 Å². The van der Waals surface area contributed by atoms with E-state index in [9.17, 15) is 28.1 Å². The number of esters is 1. The minimum atomic E-state index is -5.01. The van der Waals surface area contributed by atoms with E-state index in [0.29, 0.717) is 16.7 Å². The molecular weight excluding hydrogens is 501 g/mol. The van der Waals surface area contributed by atoms with Gasteiger partial charge in [-0.1, -0.05) is 29.8 Å². The van der Waals surface area contributed by atoms with E-state index in [-0.39, 0.29) is 22.0 Å². The number of anilines is 2. The largest absolute Gasteiger partial charge is 0.573 e. The first-order chi connectivity index (χ1) is 16.0. The number of halogens is 4. The molecule has 1 heterocycles. The Balaban J connectivity index is 1.99. The fourth-order valence-corrected chi connectivity index (χ4v) is 4.08. The van der Waals surface area contributed by atoms with Crippen molar-refractivity contribution in [2.24, 2.45) is 0 Å². The van der Waals surface area contributed by atoms with Crippen LogP contribution < -0.4 is 14.8 Å². The summed E-state index contributed by atoms with van der Waals surface area (Å²) in [6, 6.07) is 9.49. The molecule has 0 spiro atoms. The molecular formula is C21H16ClF3N2O6S. The van der Waals surface area contributed by atoms with E-state index in [0.717, 1.165) is 23.5 Å². The van der Waals surface area contributed by atoms with Crippen LogP contribution in [0, 0.1) is 10.1 Å². The second kappa shape index (κ2) is 10.2. The molecule has 1 aromatic heterocycles. The van der Waals surface area contributed by atoms with Crippen LogP contribution in [0.3, 0.4) is 0 Å². The van der Waals surface area contributed by atoms with Crippen LogP contribution in [0.2, 0.25) is 5.02 Å². The first kappa shape index (κ1) is 25.1. The van der Waals surface area contributed by atoms with Crippen LogP contribution in [0.4, 0.5) is 30.2 Å². The second-order valence-corrected chi connectivity index (χ2v) is 7.98. The van der Waals surface area contributed by atoms with Crippen LogP contribution in [-0.2, 0) is 4.74 Å². The first-order valence-electron chi connectivity index (χ1n) is 9.42. The number of nitro benzene ring substituents is 1. The quantitative estimate of drug-likeness (QED) is 0.198. The summed E-state index contributed by atoms with van der Waals surface area (Å²) in [5, 5.41) is 16.1. The Morgan fingerprint density at radius 3 is 2.53 bits per heavy atom. The number of hydrogen-bond acceptors (Lipinski definition) is 8. The van der Waals surface area contributed by atoms with Gasteiger partial charge < -0.3 is 19.5 Å². The van der Waals surface area contributed by atoms with Crippen molar-refractivity contribution < 1.29 is 37.1 Å². The second-order valence-electron chi connectivity index (χ2n) is 6.69. The Bertz CT molecular complexity index is 1220. The summed E-state index contributed by atoms with van der Waals surface area (Å²) < 4.78 is 52.0. The fraction of sp³-hybridized carbons (Fsp3) is 0.190. The lowest BCUT2D eigenvalue weighted by molar-refractivity contribution is -0.384. The van der Waals surface area contributed by atoms with E-state index < -0.39 is 34.8 Å². The Hall–Kier alpha value is -3.51. The first-order valence-corrected chi connectivity index (χ1v) is 10.7. The molecule has 0 fully saturated rings. The van der Waals surface area contributed by atoms with Gasteiger partial charge in [-0.05, 0) is 25.1 Å². The number of nitrogens with zero attached hydrogens (tertiary/aromatic N) is 1. The predicted octanol–water partition coefficient (Wildman–Crippen LogP) is 6.88. The zero-order chi connectivity index (χ0) is 25.0. The van der Waals surface area contributed by atoms with Crippen molar-refractivity contribution in [1.29, 1.82) is 0 Å². The number of alkyl halides is 3. The normalized spacial score (nSPS) is 12.1. The van der Waals surface area contributed by atoms with Crippen molar-refractivity contribution in [3.8, 4) is 11.5 Å². The van der Waals surface area contributed by atoms with E-state index in [4.69, 9.17) is 21.1 Å². The number of methoxy groups -OCH3 is 1. The van der Waals surface area contributed by atoms with Gasteiger partial charge >= 0.3 is 12.3 Å². The van der Waals surface area contributed by atoms with Crippen molar-refractivity contribution in [1.82, 2.24) is 0 Å². The molecule has 0 radical (unpaired) electrons. The van der Waals surface area contributed by atoms with E-state index in [1.807, 2.05) is 0 Å². The summed E-state index contributed by atoms with van der Waals surface area (Å²) in [7, 11) is 1.18. The third-order valence-electron chi connectivity index (χ3n) is 4.42. The molecule has 0 bridgehead atoms. The minimum Gasteiger partial charge on any atom is -0.482 e. The zero-order valence-corrected chi connectivity index (χ0v) is 19.1. The van der Waals surface area contributed by atoms with Crippen LogP contribution in [0.1, 0.15) is 28.3 Å². The Morgan fingerprint density at radius 1 is 1.21 bits per heavy atom. The summed E-state index contributed by atoms with van der Waals surface area (Å²) >= 11 is 7.18. The van der Waals surface area contributed by atoms with Crippen LogP contribution in [0.25, 0.3) is 0 Å². The molecule has 34 heavy (non-hydrogen) atoms. The summed E-state index contributed by atoms with van der Waals surface area (Å²) in [5.41, 5.74) is -0.0460. The number of carbonyl (C=O) groups is 1. The van der Waals surface area contributed by atoms with Gasteiger partial charge in [0, 0.05) is 16.0 Å². The van der Waals surface area contributed by atoms with Gasteiger partial charge in [0.25, 0.3) is 5.69 Å². The average molecular weight is 517 g/mol. The third-order valence-corrected chi connectivity index (χ3v) is 5.71. The summed E-state index contributed by atoms with van der Waals surface area (Å²) in [5.74, 6) is -1.42. The number of benzene rings is 2. The standard InChI is InChI=1S/C21H16ClF3N2O6S/c1-11(13-5-3-4-6-14(13)22)32-18-16(10-34-19(18)20(28)31-2)26-15-8-7-12(33-21(23,24)25)9-17(15)27(29)30/h3-11,26H,1-2H3/t11-/m1/s1. The molecule has 1 atom stereocenters. The van der Waals surface area contributed by atoms with Gasteiger partial charge in [0.05, 0.1) is 23.8 Å². The number of nitrogens with one attached hydrogen (secondary N) is 1.